The molecule has 110 valence electrons. The van der Waals surface area contributed by atoms with Crippen molar-refractivity contribution in [3.8, 4) is 0 Å². The standard InChI is InChI=1S/C12H18N4O3S/c1-20(18,19)15-7-10-4-5-14-16(10)11(8-15)12(17)13-6-9-2-3-9/h4-5,9,11H,2-3,6-8H2,1H3,(H,13,17)/t11-/m1/s1. The van der Waals surface area contributed by atoms with E-state index in [4.69, 9.17) is 0 Å². The maximum atomic E-state index is 12.3. The third kappa shape index (κ3) is 2.71. The van der Waals surface area contributed by atoms with E-state index in [0.717, 1.165) is 24.8 Å². The molecule has 1 aromatic heterocycles. The Morgan fingerprint density at radius 3 is 2.90 bits per heavy atom. The first-order chi connectivity index (χ1) is 9.45. The number of rotatable bonds is 4. The molecule has 1 aromatic rings. The Balaban J connectivity index is 1.79. The molecule has 1 aliphatic carbocycles. The lowest BCUT2D eigenvalue weighted by molar-refractivity contribution is -0.125. The zero-order valence-corrected chi connectivity index (χ0v) is 12.1. The Kier molecular flexibility index (Phi) is 3.29. The van der Waals surface area contributed by atoms with Crippen molar-refractivity contribution in [3.63, 3.8) is 0 Å². The molecule has 3 rings (SSSR count). The molecule has 0 spiro atoms. The highest BCUT2D eigenvalue weighted by Crippen LogP contribution is 2.28. The lowest BCUT2D eigenvalue weighted by Gasteiger charge is -2.31. The molecule has 0 unspecified atom stereocenters. The predicted molar refractivity (Wildman–Crippen MR) is 72.3 cm³/mol. The average molecular weight is 298 g/mol. The van der Waals surface area contributed by atoms with Crippen LogP contribution in [0, 0.1) is 5.92 Å². The summed E-state index contributed by atoms with van der Waals surface area (Å²) >= 11 is 0. The van der Waals surface area contributed by atoms with Crippen LogP contribution in [0.15, 0.2) is 12.3 Å². The number of hydrogen-bond donors (Lipinski definition) is 1. The fourth-order valence-corrected chi connectivity index (χ4v) is 3.17. The number of amides is 1. The second kappa shape index (κ2) is 4.85. The van der Waals surface area contributed by atoms with Crippen LogP contribution in [0.4, 0.5) is 0 Å². The Hall–Kier alpha value is -1.41. The summed E-state index contributed by atoms with van der Waals surface area (Å²) in [5.74, 6) is 0.431. The Bertz CT molecular complexity index is 620. The molecule has 7 nitrogen and oxygen atoms in total. The summed E-state index contributed by atoms with van der Waals surface area (Å²) in [6.07, 6.45) is 5.08. The Morgan fingerprint density at radius 2 is 2.25 bits per heavy atom. The number of aromatic nitrogens is 2. The summed E-state index contributed by atoms with van der Waals surface area (Å²) in [7, 11) is -3.32. The van der Waals surface area contributed by atoms with Gasteiger partial charge in [-0.05, 0) is 24.8 Å². The van der Waals surface area contributed by atoms with Gasteiger partial charge in [0.2, 0.25) is 15.9 Å². The van der Waals surface area contributed by atoms with Crippen LogP contribution in [0.1, 0.15) is 24.6 Å². The second-order valence-electron chi connectivity index (χ2n) is 5.53. The third-order valence-corrected chi connectivity index (χ3v) is 5.01. The number of hydrogen-bond acceptors (Lipinski definition) is 4. The van der Waals surface area contributed by atoms with E-state index in [1.807, 2.05) is 0 Å². The van der Waals surface area contributed by atoms with E-state index in [1.54, 1.807) is 16.9 Å². The number of carbonyl (C=O) groups excluding carboxylic acids is 1. The molecule has 1 aliphatic heterocycles. The molecule has 0 saturated heterocycles. The lowest BCUT2D eigenvalue weighted by Crippen LogP contribution is -2.47. The molecule has 20 heavy (non-hydrogen) atoms. The molecule has 1 N–H and O–H groups in total. The summed E-state index contributed by atoms with van der Waals surface area (Å²) in [5, 5.41) is 7.05. The minimum absolute atomic E-state index is 0.143. The molecule has 0 bridgehead atoms. The van der Waals surface area contributed by atoms with Crippen LogP contribution >= 0.6 is 0 Å². The first-order valence-electron chi connectivity index (χ1n) is 6.70. The van der Waals surface area contributed by atoms with Crippen LogP contribution in [0.25, 0.3) is 0 Å². The molecule has 1 atom stereocenters. The van der Waals surface area contributed by atoms with Gasteiger partial charge in [-0.25, -0.2) is 8.42 Å². The lowest BCUT2D eigenvalue weighted by atomic mass is 10.2. The largest absolute Gasteiger partial charge is 0.354 e. The minimum Gasteiger partial charge on any atom is -0.354 e. The third-order valence-electron chi connectivity index (χ3n) is 3.80. The SMILES string of the molecule is CS(=O)(=O)N1Cc2ccnn2[C@@H](C(=O)NCC2CC2)C1. The van der Waals surface area contributed by atoms with Crippen LogP contribution in [-0.4, -0.2) is 47.8 Å². The Labute approximate surface area is 118 Å². The minimum atomic E-state index is -3.32. The molecule has 2 heterocycles. The van der Waals surface area contributed by atoms with Gasteiger partial charge in [0.05, 0.1) is 18.5 Å². The van der Waals surface area contributed by atoms with Gasteiger partial charge in [0.25, 0.3) is 0 Å². The van der Waals surface area contributed by atoms with Crippen molar-refractivity contribution in [2.24, 2.45) is 5.92 Å². The van der Waals surface area contributed by atoms with Crippen LogP contribution in [-0.2, 0) is 21.4 Å². The highest BCUT2D eigenvalue weighted by molar-refractivity contribution is 7.88. The summed E-state index contributed by atoms with van der Waals surface area (Å²) in [4.78, 5) is 12.3. The zero-order chi connectivity index (χ0) is 14.3. The summed E-state index contributed by atoms with van der Waals surface area (Å²) < 4.78 is 26.4. The molecule has 1 amide bonds. The molecule has 0 aromatic carbocycles. The van der Waals surface area contributed by atoms with Crippen LogP contribution in [0.2, 0.25) is 0 Å². The van der Waals surface area contributed by atoms with Gasteiger partial charge in [0.1, 0.15) is 6.04 Å². The summed E-state index contributed by atoms with van der Waals surface area (Å²) in [6.45, 7) is 1.08. The number of nitrogens with zero attached hydrogens (tertiary/aromatic N) is 3. The van der Waals surface area contributed by atoms with Gasteiger partial charge in [-0.1, -0.05) is 0 Å². The van der Waals surface area contributed by atoms with Gasteiger partial charge in [0.15, 0.2) is 0 Å². The van der Waals surface area contributed by atoms with Crippen LogP contribution < -0.4 is 5.32 Å². The van der Waals surface area contributed by atoms with Crippen molar-refractivity contribution in [3.05, 3.63) is 18.0 Å². The number of fused-ring (bicyclic) bond motifs is 1. The molecule has 2 aliphatic rings. The van der Waals surface area contributed by atoms with Crippen LogP contribution in [0.3, 0.4) is 0 Å². The van der Waals surface area contributed by atoms with Gasteiger partial charge in [-0.15, -0.1) is 0 Å². The molecule has 0 radical (unpaired) electrons. The zero-order valence-electron chi connectivity index (χ0n) is 11.3. The summed E-state index contributed by atoms with van der Waals surface area (Å²) in [5.41, 5.74) is 0.744. The van der Waals surface area contributed by atoms with Crippen molar-refractivity contribution in [1.82, 2.24) is 19.4 Å². The maximum absolute atomic E-state index is 12.3. The van der Waals surface area contributed by atoms with Crippen molar-refractivity contribution in [2.45, 2.75) is 25.4 Å². The fourth-order valence-electron chi connectivity index (χ4n) is 2.39. The maximum Gasteiger partial charge on any atom is 0.246 e. The predicted octanol–water partition coefficient (Wildman–Crippen LogP) is -0.274. The summed E-state index contributed by atoms with van der Waals surface area (Å²) in [6, 6.07) is 1.17. The molecule has 8 heteroatoms. The molecular formula is C12H18N4O3S. The van der Waals surface area contributed by atoms with Crippen molar-refractivity contribution in [2.75, 3.05) is 19.3 Å². The first-order valence-corrected chi connectivity index (χ1v) is 8.55. The second-order valence-corrected chi connectivity index (χ2v) is 7.51. The van der Waals surface area contributed by atoms with Gasteiger partial charge in [-0.3, -0.25) is 9.48 Å². The van der Waals surface area contributed by atoms with Crippen molar-refractivity contribution >= 4 is 15.9 Å². The molecular weight excluding hydrogens is 280 g/mol. The number of sulfonamides is 1. The topological polar surface area (TPSA) is 84.3 Å². The van der Waals surface area contributed by atoms with E-state index >= 15 is 0 Å². The van der Waals surface area contributed by atoms with Crippen LogP contribution in [0.5, 0.6) is 0 Å². The highest BCUT2D eigenvalue weighted by atomic mass is 32.2. The fraction of sp³-hybridized carbons (Fsp3) is 0.667. The van der Waals surface area contributed by atoms with Gasteiger partial charge in [0, 0.05) is 19.3 Å². The van der Waals surface area contributed by atoms with E-state index < -0.39 is 16.1 Å². The number of carbonyl (C=O) groups is 1. The Morgan fingerprint density at radius 1 is 1.50 bits per heavy atom. The van der Waals surface area contributed by atoms with Crippen molar-refractivity contribution in [1.29, 1.82) is 0 Å². The normalized spacial score (nSPS) is 23.4. The average Bonchev–Trinajstić information content (AvgIpc) is 3.09. The van der Waals surface area contributed by atoms with E-state index in [1.165, 1.54) is 4.31 Å². The molecule has 1 saturated carbocycles. The smallest absolute Gasteiger partial charge is 0.246 e. The van der Waals surface area contributed by atoms with Crippen molar-refractivity contribution < 1.29 is 13.2 Å². The van der Waals surface area contributed by atoms with Gasteiger partial charge < -0.3 is 5.32 Å². The van der Waals surface area contributed by atoms with E-state index in [-0.39, 0.29) is 19.0 Å². The highest BCUT2D eigenvalue weighted by Gasteiger charge is 2.35. The molecule has 1 fully saturated rings. The van der Waals surface area contributed by atoms with E-state index in [0.29, 0.717) is 12.5 Å². The monoisotopic (exact) mass is 298 g/mol. The van der Waals surface area contributed by atoms with Gasteiger partial charge in [-0.2, -0.15) is 9.40 Å². The quantitative estimate of drug-likeness (QED) is 0.829. The number of nitrogens with one attached hydrogen (secondary N) is 1. The van der Waals surface area contributed by atoms with E-state index in [9.17, 15) is 13.2 Å². The first kappa shape index (κ1) is 13.6. The van der Waals surface area contributed by atoms with Gasteiger partial charge >= 0.3 is 0 Å². The van der Waals surface area contributed by atoms with E-state index in [2.05, 4.69) is 10.4 Å².